The van der Waals surface area contributed by atoms with E-state index in [1.165, 1.54) is 12.7 Å². The molecule has 0 saturated heterocycles. The lowest BCUT2D eigenvalue weighted by Gasteiger charge is -2.20. The van der Waals surface area contributed by atoms with Crippen LogP contribution in [0.3, 0.4) is 0 Å². The van der Waals surface area contributed by atoms with Gasteiger partial charge in [0.2, 0.25) is 5.91 Å². The Morgan fingerprint density at radius 3 is 2.82 bits per heavy atom. The van der Waals surface area contributed by atoms with Gasteiger partial charge in [0.1, 0.15) is 11.5 Å². The molecule has 3 heterocycles. The predicted molar refractivity (Wildman–Crippen MR) is 84.0 cm³/mol. The summed E-state index contributed by atoms with van der Waals surface area (Å²) in [6.45, 7) is 0. The summed E-state index contributed by atoms with van der Waals surface area (Å²) in [6.07, 6.45) is 8.43. The van der Waals surface area contributed by atoms with E-state index in [-0.39, 0.29) is 11.8 Å². The number of aryl methyl sites for hydroxylation is 1. The lowest BCUT2D eigenvalue weighted by atomic mass is 9.88. The molecule has 0 unspecified atom stereocenters. The zero-order valence-corrected chi connectivity index (χ0v) is 13.0. The first-order valence-corrected chi connectivity index (χ1v) is 7.93. The van der Waals surface area contributed by atoms with E-state index in [1.54, 1.807) is 15.4 Å². The smallest absolute Gasteiger partial charge is 0.235 e. The summed E-state index contributed by atoms with van der Waals surface area (Å²) in [5, 5.41) is 5.32. The number of nitrogens with zero attached hydrogens (tertiary/aromatic N) is 5. The summed E-state index contributed by atoms with van der Waals surface area (Å²) < 4.78 is 3.40. The number of rotatable bonds is 1. The SMILES string of the molecule is Cn1ncc2c1c1c(Cl)ncnc1n2C(=O)C1CCCCC1. The minimum Gasteiger partial charge on any atom is -0.274 e. The van der Waals surface area contributed by atoms with Crippen LogP contribution in [0.5, 0.6) is 0 Å². The van der Waals surface area contributed by atoms with Gasteiger partial charge < -0.3 is 0 Å². The topological polar surface area (TPSA) is 65.6 Å². The average molecular weight is 318 g/mol. The van der Waals surface area contributed by atoms with Gasteiger partial charge in [-0.3, -0.25) is 14.0 Å². The zero-order valence-electron chi connectivity index (χ0n) is 12.3. The molecule has 3 aromatic rings. The van der Waals surface area contributed by atoms with Crippen LogP contribution in [0.1, 0.15) is 36.9 Å². The normalized spacial score (nSPS) is 16.6. The first-order chi connectivity index (χ1) is 10.7. The van der Waals surface area contributed by atoms with Crippen molar-refractivity contribution in [2.45, 2.75) is 32.1 Å². The van der Waals surface area contributed by atoms with Crippen molar-refractivity contribution in [1.29, 1.82) is 0 Å². The molecule has 22 heavy (non-hydrogen) atoms. The van der Waals surface area contributed by atoms with Crippen molar-refractivity contribution in [3.8, 4) is 0 Å². The van der Waals surface area contributed by atoms with Gasteiger partial charge in [-0.1, -0.05) is 30.9 Å². The summed E-state index contributed by atoms with van der Waals surface area (Å²) in [7, 11) is 1.83. The van der Waals surface area contributed by atoms with Crippen molar-refractivity contribution in [2.75, 3.05) is 0 Å². The van der Waals surface area contributed by atoms with E-state index >= 15 is 0 Å². The van der Waals surface area contributed by atoms with Crippen molar-refractivity contribution >= 4 is 39.6 Å². The van der Waals surface area contributed by atoms with Gasteiger partial charge in [-0.25, -0.2) is 9.97 Å². The Hall–Kier alpha value is -1.95. The lowest BCUT2D eigenvalue weighted by molar-refractivity contribution is 0.0812. The van der Waals surface area contributed by atoms with Crippen LogP contribution < -0.4 is 0 Å². The van der Waals surface area contributed by atoms with Gasteiger partial charge in [0.15, 0.2) is 5.65 Å². The summed E-state index contributed by atoms with van der Waals surface area (Å²) in [4.78, 5) is 21.4. The fourth-order valence-corrected chi connectivity index (χ4v) is 3.70. The number of carbonyl (C=O) groups excluding carboxylic acids is 1. The maximum Gasteiger partial charge on any atom is 0.235 e. The van der Waals surface area contributed by atoms with E-state index in [9.17, 15) is 4.79 Å². The van der Waals surface area contributed by atoms with Gasteiger partial charge in [0, 0.05) is 13.0 Å². The number of halogens is 1. The van der Waals surface area contributed by atoms with Crippen molar-refractivity contribution in [2.24, 2.45) is 13.0 Å². The first-order valence-electron chi connectivity index (χ1n) is 7.55. The lowest BCUT2D eigenvalue weighted by Crippen LogP contribution is -2.23. The van der Waals surface area contributed by atoms with Crippen molar-refractivity contribution in [3.63, 3.8) is 0 Å². The predicted octanol–water partition coefficient (Wildman–Crippen LogP) is 3.19. The first kappa shape index (κ1) is 13.7. The summed E-state index contributed by atoms with van der Waals surface area (Å²) in [5.74, 6) is 0.156. The molecule has 114 valence electrons. The molecule has 6 nitrogen and oxygen atoms in total. The molecule has 0 aromatic carbocycles. The minimum atomic E-state index is 0.0569. The Morgan fingerprint density at radius 1 is 1.27 bits per heavy atom. The fraction of sp³-hybridized carbons (Fsp3) is 0.467. The highest BCUT2D eigenvalue weighted by molar-refractivity contribution is 6.36. The Kier molecular flexibility index (Phi) is 3.14. The molecule has 7 heteroatoms. The van der Waals surface area contributed by atoms with Gasteiger partial charge >= 0.3 is 0 Å². The number of hydrogen-bond donors (Lipinski definition) is 0. The van der Waals surface area contributed by atoms with E-state index in [0.29, 0.717) is 16.2 Å². The molecular weight excluding hydrogens is 302 g/mol. The van der Waals surface area contributed by atoms with Crippen LogP contribution in [-0.4, -0.2) is 30.2 Å². The van der Waals surface area contributed by atoms with Crippen LogP contribution in [0, 0.1) is 5.92 Å². The molecule has 0 bridgehead atoms. The second kappa shape index (κ2) is 5.05. The van der Waals surface area contributed by atoms with Crippen LogP contribution in [0.15, 0.2) is 12.5 Å². The Balaban J connectivity index is 1.99. The number of fused-ring (bicyclic) bond motifs is 3. The van der Waals surface area contributed by atoms with E-state index < -0.39 is 0 Å². The van der Waals surface area contributed by atoms with Crippen LogP contribution in [0.4, 0.5) is 0 Å². The molecule has 3 aromatic heterocycles. The third-order valence-corrected chi connectivity index (χ3v) is 4.85. The summed E-state index contributed by atoms with van der Waals surface area (Å²) >= 11 is 6.25. The van der Waals surface area contributed by atoms with Crippen molar-refractivity contribution < 1.29 is 4.79 Å². The molecule has 0 amide bonds. The second-order valence-corrected chi connectivity index (χ2v) is 6.23. The Labute approximate surface area is 132 Å². The molecule has 1 aliphatic carbocycles. The van der Waals surface area contributed by atoms with Gasteiger partial charge in [-0.2, -0.15) is 5.10 Å². The molecule has 0 aliphatic heterocycles. The summed E-state index contributed by atoms with van der Waals surface area (Å²) in [6, 6.07) is 0. The third kappa shape index (κ3) is 1.86. The van der Waals surface area contributed by atoms with E-state index in [0.717, 1.165) is 36.7 Å². The molecule has 0 radical (unpaired) electrons. The van der Waals surface area contributed by atoms with Gasteiger partial charge in [-0.15, -0.1) is 0 Å². The molecular formula is C15H16ClN5O. The van der Waals surface area contributed by atoms with Crippen LogP contribution in [0.2, 0.25) is 5.15 Å². The van der Waals surface area contributed by atoms with E-state index in [2.05, 4.69) is 15.1 Å². The summed E-state index contributed by atoms with van der Waals surface area (Å²) in [5.41, 5.74) is 2.15. The highest BCUT2D eigenvalue weighted by Crippen LogP contribution is 2.33. The minimum absolute atomic E-state index is 0.0569. The number of hydrogen-bond acceptors (Lipinski definition) is 4. The Morgan fingerprint density at radius 2 is 2.05 bits per heavy atom. The molecule has 0 spiro atoms. The standard InChI is InChI=1S/C15H16ClN5O/c1-20-12-10(7-19-20)21(14-11(12)13(16)17-8-18-14)15(22)9-5-3-2-4-6-9/h7-9H,2-6H2,1H3. The van der Waals surface area contributed by atoms with Crippen LogP contribution in [0.25, 0.3) is 22.1 Å². The molecule has 1 saturated carbocycles. The molecule has 1 aliphatic rings. The van der Waals surface area contributed by atoms with Gasteiger partial charge in [0.25, 0.3) is 0 Å². The second-order valence-electron chi connectivity index (χ2n) is 5.87. The highest BCUT2D eigenvalue weighted by Gasteiger charge is 2.28. The number of carbonyl (C=O) groups is 1. The van der Waals surface area contributed by atoms with Crippen LogP contribution >= 0.6 is 11.6 Å². The average Bonchev–Trinajstić information content (AvgIpc) is 3.06. The molecule has 1 fully saturated rings. The van der Waals surface area contributed by atoms with Crippen molar-refractivity contribution in [3.05, 3.63) is 17.7 Å². The maximum atomic E-state index is 13.0. The molecule has 4 rings (SSSR count). The number of aromatic nitrogens is 5. The van der Waals surface area contributed by atoms with Crippen LogP contribution in [-0.2, 0) is 7.05 Å². The zero-order chi connectivity index (χ0) is 15.3. The van der Waals surface area contributed by atoms with Gasteiger partial charge in [0.05, 0.1) is 22.6 Å². The quantitative estimate of drug-likeness (QED) is 0.646. The fourth-order valence-electron chi connectivity index (χ4n) is 3.48. The highest BCUT2D eigenvalue weighted by atomic mass is 35.5. The maximum absolute atomic E-state index is 13.0. The van der Waals surface area contributed by atoms with E-state index in [4.69, 9.17) is 11.6 Å². The largest absolute Gasteiger partial charge is 0.274 e. The monoisotopic (exact) mass is 317 g/mol. The molecule has 0 atom stereocenters. The third-order valence-electron chi connectivity index (χ3n) is 4.56. The van der Waals surface area contributed by atoms with Gasteiger partial charge in [-0.05, 0) is 12.8 Å². The van der Waals surface area contributed by atoms with Crippen molar-refractivity contribution in [1.82, 2.24) is 24.3 Å². The Bertz CT molecular complexity index is 875. The van der Waals surface area contributed by atoms with E-state index in [1.807, 2.05) is 7.05 Å². The molecule has 0 N–H and O–H groups in total.